The van der Waals surface area contributed by atoms with Crippen LogP contribution < -0.4 is 15.2 Å². The minimum atomic E-state index is -0.191. The minimum Gasteiger partial charge on any atom is -0.496 e. The normalized spacial score (nSPS) is 10.2. The molecule has 0 aromatic heterocycles. The van der Waals surface area contributed by atoms with Gasteiger partial charge in [-0.25, -0.2) is 0 Å². The van der Waals surface area contributed by atoms with E-state index >= 15 is 0 Å². The highest BCUT2D eigenvalue weighted by Gasteiger charge is 2.19. The molecule has 2 aromatic rings. The Bertz CT molecular complexity index is 671. The fourth-order valence-electron chi connectivity index (χ4n) is 2.01. The molecule has 2 aromatic carbocycles. The zero-order chi connectivity index (χ0) is 15.4. The van der Waals surface area contributed by atoms with Gasteiger partial charge in [-0.15, -0.1) is 0 Å². The van der Waals surface area contributed by atoms with E-state index in [1.807, 2.05) is 13.0 Å². The number of hydrogen-bond acceptors (Lipinski definition) is 4. The molecule has 5 heteroatoms. The number of nitrogens with two attached hydrogens (primary N) is 1. The highest BCUT2D eigenvalue weighted by Crippen LogP contribution is 2.30. The van der Waals surface area contributed by atoms with Gasteiger partial charge in [-0.1, -0.05) is 15.9 Å². The van der Waals surface area contributed by atoms with E-state index in [1.165, 1.54) is 7.11 Å². The number of ether oxygens (including phenoxy) is 2. The van der Waals surface area contributed by atoms with E-state index in [2.05, 4.69) is 15.9 Å². The standard InChI is InChI=1S/C16H16BrNO3/c1-3-21-15-6-4-10(17)8-12(15)16(19)13-9-11(18)5-7-14(13)20-2/h4-9H,3,18H2,1-2H3. The summed E-state index contributed by atoms with van der Waals surface area (Å²) in [5, 5.41) is 0. The number of halogens is 1. The van der Waals surface area contributed by atoms with Crippen molar-refractivity contribution in [2.24, 2.45) is 0 Å². The summed E-state index contributed by atoms with van der Waals surface area (Å²) in [4.78, 5) is 12.8. The van der Waals surface area contributed by atoms with E-state index in [-0.39, 0.29) is 5.78 Å². The first-order valence-electron chi connectivity index (χ1n) is 6.47. The van der Waals surface area contributed by atoms with E-state index < -0.39 is 0 Å². The van der Waals surface area contributed by atoms with Crippen molar-refractivity contribution in [3.8, 4) is 11.5 Å². The molecule has 4 nitrogen and oxygen atoms in total. The number of anilines is 1. The molecule has 2 rings (SSSR count). The van der Waals surface area contributed by atoms with Crippen molar-refractivity contribution < 1.29 is 14.3 Å². The fraction of sp³-hybridized carbons (Fsp3) is 0.188. The van der Waals surface area contributed by atoms with Crippen molar-refractivity contribution in [2.45, 2.75) is 6.92 Å². The van der Waals surface area contributed by atoms with Crippen LogP contribution in [-0.4, -0.2) is 19.5 Å². The molecule has 0 aliphatic rings. The lowest BCUT2D eigenvalue weighted by Crippen LogP contribution is -2.08. The van der Waals surface area contributed by atoms with Crippen LogP contribution in [0.1, 0.15) is 22.8 Å². The largest absolute Gasteiger partial charge is 0.496 e. The van der Waals surface area contributed by atoms with Crippen LogP contribution in [0.2, 0.25) is 0 Å². The molecule has 0 spiro atoms. The summed E-state index contributed by atoms with van der Waals surface area (Å²) < 4.78 is 11.6. The third-order valence-corrected chi connectivity index (χ3v) is 3.45. The molecule has 2 N–H and O–H groups in total. The van der Waals surface area contributed by atoms with E-state index in [0.717, 1.165) is 4.47 Å². The van der Waals surface area contributed by atoms with Gasteiger partial charge in [0.1, 0.15) is 11.5 Å². The summed E-state index contributed by atoms with van der Waals surface area (Å²) in [6, 6.07) is 10.3. The Hall–Kier alpha value is -2.01. The van der Waals surface area contributed by atoms with Gasteiger partial charge in [-0.3, -0.25) is 4.79 Å². The zero-order valence-electron chi connectivity index (χ0n) is 11.9. The van der Waals surface area contributed by atoms with Gasteiger partial charge < -0.3 is 15.2 Å². The zero-order valence-corrected chi connectivity index (χ0v) is 13.4. The molecular formula is C16H16BrNO3. The van der Waals surface area contributed by atoms with E-state index in [4.69, 9.17) is 15.2 Å². The van der Waals surface area contributed by atoms with Crippen molar-refractivity contribution in [1.29, 1.82) is 0 Å². The molecule has 0 saturated heterocycles. The predicted molar refractivity (Wildman–Crippen MR) is 86.1 cm³/mol. The number of carbonyl (C=O) groups excluding carboxylic acids is 1. The SMILES string of the molecule is CCOc1ccc(Br)cc1C(=O)c1cc(N)ccc1OC. The Morgan fingerprint density at radius 3 is 2.48 bits per heavy atom. The maximum Gasteiger partial charge on any atom is 0.200 e. The first kappa shape index (κ1) is 15.4. The number of rotatable bonds is 5. The van der Waals surface area contributed by atoms with Crippen molar-refractivity contribution in [3.05, 3.63) is 52.0 Å². The molecular weight excluding hydrogens is 334 g/mol. The number of hydrogen-bond donors (Lipinski definition) is 1. The summed E-state index contributed by atoms with van der Waals surface area (Å²) in [5.41, 5.74) is 7.16. The second kappa shape index (κ2) is 6.63. The monoisotopic (exact) mass is 349 g/mol. The molecule has 110 valence electrons. The molecule has 0 radical (unpaired) electrons. The van der Waals surface area contributed by atoms with Gasteiger partial charge in [-0.05, 0) is 43.3 Å². The number of ketones is 1. The topological polar surface area (TPSA) is 61.5 Å². The Morgan fingerprint density at radius 1 is 1.14 bits per heavy atom. The van der Waals surface area contributed by atoms with Crippen LogP contribution in [0.5, 0.6) is 11.5 Å². The second-order valence-corrected chi connectivity index (χ2v) is 5.28. The molecule has 0 saturated carbocycles. The molecule has 21 heavy (non-hydrogen) atoms. The van der Waals surface area contributed by atoms with Crippen molar-refractivity contribution >= 4 is 27.4 Å². The highest BCUT2D eigenvalue weighted by atomic mass is 79.9. The number of carbonyl (C=O) groups is 1. The van der Waals surface area contributed by atoms with Crippen LogP contribution in [0.4, 0.5) is 5.69 Å². The van der Waals surface area contributed by atoms with Crippen LogP contribution in [0.15, 0.2) is 40.9 Å². The van der Waals surface area contributed by atoms with Gasteiger partial charge in [0.15, 0.2) is 0 Å². The Labute approximate surface area is 132 Å². The van der Waals surface area contributed by atoms with Gasteiger partial charge in [0, 0.05) is 10.2 Å². The summed E-state index contributed by atoms with van der Waals surface area (Å²) in [7, 11) is 1.52. The highest BCUT2D eigenvalue weighted by molar-refractivity contribution is 9.10. The van der Waals surface area contributed by atoms with Crippen LogP contribution in [0.25, 0.3) is 0 Å². The van der Waals surface area contributed by atoms with Crippen LogP contribution in [0, 0.1) is 0 Å². The molecule has 0 bridgehead atoms. The van der Waals surface area contributed by atoms with Crippen LogP contribution in [-0.2, 0) is 0 Å². The van der Waals surface area contributed by atoms with Crippen molar-refractivity contribution in [2.75, 3.05) is 19.5 Å². The number of nitrogen functional groups attached to an aromatic ring is 1. The predicted octanol–water partition coefficient (Wildman–Crippen LogP) is 3.67. The fourth-order valence-corrected chi connectivity index (χ4v) is 2.37. The Kier molecular flexibility index (Phi) is 4.85. The summed E-state index contributed by atoms with van der Waals surface area (Å²) in [5.74, 6) is 0.829. The molecule has 0 heterocycles. The third kappa shape index (κ3) is 3.36. The third-order valence-electron chi connectivity index (χ3n) is 2.95. The van der Waals surface area contributed by atoms with Crippen molar-refractivity contribution in [1.82, 2.24) is 0 Å². The quantitative estimate of drug-likeness (QED) is 0.660. The van der Waals surface area contributed by atoms with E-state index in [9.17, 15) is 4.79 Å². The van der Waals surface area contributed by atoms with E-state index in [0.29, 0.717) is 34.9 Å². The minimum absolute atomic E-state index is 0.191. The molecule has 0 atom stereocenters. The second-order valence-electron chi connectivity index (χ2n) is 4.36. The molecule has 0 aliphatic heterocycles. The molecule has 0 unspecified atom stereocenters. The van der Waals surface area contributed by atoms with Gasteiger partial charge in [0.05, 0.1) is 24.8 Å². The van der Waals surface area contributed by atoms with Gasteiger partial charge in [0.2, 0.25) is 5.78 Å². The molecule has 0 aliphatic carbocycles. The average Bonchev–Trinajstić information content (AvgIpc) is 2.48. The lowest BCUT2D eigenvalue weighted by atomic mass is 10.0. The molecule has 0 amide bonds. The van der Waals surface area contributed by atoms with Crippen LogP contribution >= 0.6 is 15.9 Å². The average molecular weight is 350 g/mol. The number of benzene rings is 2. The summed E-state index contributed by atoms with van der Waals surface area (Å²) in [6.45, 7) is 2.35. The molecule has 0 fully saturated rings. The van der Waals surface area contributed by atoms with E-state index in [1.54, 1.807) is 30.3 Å². The lowest BCUT2D eigenvalue weighted by Gasteiger charge is -2.12. The first-order chi connectivity index (χ1) is 10.1. The van der Waals surface area contributed by atoms with Gasteiger partial charge >= 0.3 is 0 Å². The van der Waals surface area contributed by atoms with Gasteiger partial charge in [-0.2, -0.15) is 0 Å². The van der Waals surface area contributed by atoms with Crippen molar-refractivity contribution in [3.63, 3.8) is 0 Å². The Balaban J connectivity index is 2.54. The summed E-state index contributed by atoms with van der Waals surface area (Å²) >= 11 is 3.37. The lowest BCUT2D eigenvalue weighted by molar-refractivity contribution is 0.103. The first-order valence-corrected chi connectivity index (χ1v) is 7.26. The maximum atomic E-state index is 12.8. The maximum absolute atomic E-state index is 12.8. The smallest absolute Gasteiger partial charge is 0.200 e. The summed E-state index contributed by atoms with van der Waals surface area (Å²) in [6.07, 6.45) is 0. The number of methoxy groups -OCH3 is 1. The Morgan fingerprint density at radius 2 is 1.81 bits per heavy atom. The van der Waals surface area contributed by atoms with Crippen LogP contribution in [0.3, 0.4) is 0 Å². The van der Waals surface area contributed by atoms with Gasteiger partial charge in [0.25, 0.3) is 0 Å².